The van der Waals surface area contributed by atoms with Gasteiger partial charge in [0.25, 0.3) is 0 Å². The van der Waals surface area contributed by atoms with Crippen LogP contribution in [-0.4, -0.2) is 15.1 Å². The summed E-state index contributed by atoms with van der Waals surface area (Å²) in [7, 11) is 0. The number of phenols is 1. The van der Waals surface area contributed by atoms with Gasteiger partial charge in [-0.25, -0.2) is 4.98 Å². The minimum absolute atomic E-state index is 0.193. The van der Waals surface area contributed by atoms with Gasteiger partial charge in [-0.3, -0.25) is 4.98 Å². The van der Waals surface area contributed by atoms with E-state index in [2.05, 4.69) is 22.2 Å². The fraction of sp³-hybridized carbons (Fsp3) is 0.130. The molecule has 0 unspecified atom stereocenters. The molecule has 1 atom stereocenters. The third kappa shape index (κ3) is 3.47. The Morgan fingerprint density at radius 1 is 0.926 bits per heavy atom. The summed E-state index contributed by atoms with van der Waals surface area (Å²) >= 11 is 0. The summed E-state index contributed by atoms with van der Waals surface area (Å²) in [4.78, 5) is 8.97. The number of nitrogens with one attached hydrogen (secondary N) is 1. The van der Waals surface area contributed by atoms with Gasteiger partial charge in [0.15, 0.2) is 0 Å². The van der Waals surface area contributed by atoms with E-state index >= 15 is 0 Å². The number of aryl methyl sites for hydroxylation is 2. The van der Waals surface area contributed by atoms with E-state index in [0.29, 0.717) is 5.52 Å². The molecule has 4 rings (SSSR count). The molecular formula is C23H21N3O. The molecule has 4 nitrogen and oxygen atoms in total. The number of aromatic hydroxyl groups is 1. The lowest BCUT2D eigenvalue weighted by Gasteiger charge is -2.22. The Morgan fingerprint density at radius 2 is 1.74 bits per heavy atom. The predicted octanol–water partition coefficient (Wildman–Crippen LogP) is 5.15. The second-order valence-electron chi connectivity index (χ2n) is 6.74. The van der Waals surface area contributed by atoms with Crippen molar-refractivity contribution in [3.63, 3.8) is 0 Å². The zero-order valence-electron chi connectivity index (χ0n) is 15.3. The first-order chi connectivity index (χ1) is 13.1. The Bertz CT molecular complexity index is 1070. The predicted molar refractivity (Wildman–Crippen MR) is 109 cm³/mol. The Labute approximate surface area is 158 Å². The average molecular weight is 355 g/mol. The fourth-order valence-electron chi connectivity index (χ4n) is 3.43. The standard InChI is InChI=1S/C23H21N3O/c1-15-13-16(2)25-20(14-15)26-21(17-7-4-3-5-8-17)19-11-10-18-9-6-12-24-22(18)23(19)27/h3-14,21,27H,1-2H3,(H,25,26)/t21-/m0/s1. The summed E-state index contributed by atoms with van der Waals surface area (Å²) in [6, 6.07) is 21.6. The highest BCUT2D eigenvalue weighted by Crippen LogP contribution is 2.36. The van der Waals surface area contributed by atoms with Gasteiger partial charge >= 0.3 is 0 Å². The molecule has 0 saturated carbocycles. The summed E-state index contributed by atoms with van der Waals surface area (Å²) in [6.45, 7) is 4.03. The number of anilines is 1. The molecule has 4 aromatic rings. The highest BCUT2D eigenvalue weighted by Gasteiger charge is 2.20. The summed E-state index contributed by atoms with van der Waals surface area (Å²) < 4.78 is 0. The average Bonchev–Trinajstić information content (AvgIpc) is 2.67. The molecule has 134 valence electrons. The maximum Gasteiger partial charge on any atom is 0.147 e. The van der Waals surface area contributed by atoms with Crippen LogP contribution in [0.5, 0.6) is 5.75 Å². The Kier molecular flexibility index (Phi) is 4.47. The van der Waals surface area contributed by atoms with Crippen LogP contribution < -0.4 is 5.32 Å². The topological polar surface area (TPSA) is 58.0 Å². The first kappa shape index (κ1) is 17.0. The minimum atomic E-state index is -0.244. The lowest BCUT2D eigenvalue weighted by molar-refractivity contribution is 0.471. The minimum Gasteiger partial charge on any atom is -0.505 e. The molecule has 2 aromatic heterocycles. The van der Waals surface area contributed by atoms with Crippen LogP contribution in [0.25, 0.3) is 10.9 Å². The van der Waals surface area contributed by atoms with Crippen molar-refractivity contribution in [3.05, 3.63) is 95.3 Å². The van der Waals surface area contributed by atoms with E-state index in [1.807, 2.05) is 73.7 Å². The fourth-order valence-corrected chi connectivity index (χ4v) is 3.43. The van der Waals surface area contributed by atoms with E-state index in [1.165, 1.54) is 0 Å². The van der Waals surface area contributed by atoms with Crippen molar-refractivity contribution in [2.45, 2.75) is 19.9 Å². The van der Waals surface area contributed by atoms with Gasteiger partial charge in [-0.1, -0.05) is 48.5 Å². The molecule has 0 amide bonds. The zero-order chi connectivity index (χ0) is 18.8. The number of benzene rings is 2. The summed E-state index contributed by atoms with van der Waals surface area (Å²) in [5.74, 6) is 0.973. The molecule has 0 fully saturated rings. The molecule has 2 N–H and O–H groups in total. The highest BCUT2D eigenvalue weighted by atomic mass is 16.3. The molecule has 27 heavy (non-hydrogen) atoms. The van der Waals surface area contributed by atoms with Gasteiger partial charge < -0.3 is 10.4 Å². The lowest BCUT2D eigenvalue weighted by Crippen LogP contribution is -2.14. The van der Waals surface area contributed by atoms with Crippen molar-refractivity contribution in [2.24, 2.45) is 0 Å². The van der Waals surface area contributed by atoms with E-state index in [0.717, 1.165) is 33.6 Å². The molecular weight excluding hydrogens is 334 g/mol. The highest BCUT2D eigenvalue weighted by molar-refractivity contribution is 5.86. The van der Waals surface area contributed by atoms with Crippen LogP contribution in [0, 0.1) is 13.8 Å². The number of nitrogens with zero attached hydrogens (tertiary/aromatic N) is 2. The molecule has 0 radical (unpaired) electrons. The van der Waals surface area contributed by atoms with Gasteiger partial charge in [-0.15, -0.1) is 0 Å². The third-order valence-electron chi connectivity index (χ3n) is 4.61. The smallest absolute Gasteiger partial charge is 0.147 e. The van der Waals surface area contributed by atoms with Gasteiger partial charge in [-0.2, -0.15) is 0 Å². The second-order valence-corrected chi connectivity index (χ2v) is 6.74. The van der Waals surface area contributed by atoms with E-state index in [4.69, 9.17) is 0 Å². The van der Waals surface area contributed by atoms with Gasteiger partial charge in [0.05, 0.1) is 6.04 Å². The van der Waals surface area contributed by atoms with Crippen molar-refractivity contribution >= 4 is 16.7 Å². The molecule has 0 bridgehead atoms. The van der Waals surface area contributed by atoms with Gasteiger partial charge in [-0.05, 0) is 43.2 Å². The third-order valence-corrected chi connectivity index (χ3v) is 4.61. The van der Waals surface area contributed by atoms with Crippen LogP contribution in [0.15, 0.2) is 72.9 Å². The Morgan fingerprint density at radius 3 is 2.52 bits per heavy atom. The van der Waals surface area contributed by atoms with Crippen LogP contribution in [0.3, 0.4) is 0 Å². The van der Waals surface area contributed by atoms with Crippen LogP contribution in [0.4, 0.5) is 5.82 Å². The quantitative estimate of drug-likeness (QED) is 0.531. The van der Waals surface area contributed by atoms with Gasteiger partial charge in [0.2, 0.25) is 0 Å². The van der Waals surface area contributed by atoms with Gasteiger partial charge in [0.1, 0.15) is 17.1 Å². The first-order valence-electron chi connectivity index (χ1n) is 8.95. The number of hydrogen-bond donors (Lipinski definition) is 2. The molecule has 0 saturated heterocycles. The molecule has 0 aliphatic rings. The van der Waals surface area contributed by atoms with Crippen molar-refractivity contribution < 1.29 is 5.11 Å². The largest absolute Gasteiger partial charge is 0.505 e. The molecule has 0 spiro atoms. The van der Waals surface area contributed by atoms with Gasteiger partial charge in [0, 0.05) is 22.8 Å². The first-order valence-corrected chi connectivity index (χ1v) is 8.95. The zero-order valence-corrected chi connectivity index (χ0v) is 15.3. The number of hydrogen-bond acceptors (Lipinski definition) is 4. The molecule has 0 aliphatic carbocycles. The van der Waals surface area contributed by atoms with Crippen molar-refractivity contribution in [1.29, 1.82) is 0 Å². The number of phenolic OH excluding ortho intramolecular Hbond substituents is 1. The number of fused-ring (bicyclic) bond motifs is 1. The summed E-state index contributed by atoms with van der Waals surface area (Å²) in [5, 5.41) is 15.4. The van der Waals surface area contributed by atoms with Crippen molar-refractivity contribution in [1.82, 2.24) is 9.97 Å². The molecule has 4 heteroatoms. The maximum atomic E-state index is 10.9. The van der Waals surface area contributed by atoms with E-state index in [1.54, 1.807) is 6.20 Å². The van der Waals surface area contributed by atoms with Crippen molar-refractivity contribution in [3.8, 4) is 5.75 Å². The Hall–Kier alpha value is -3.40. The van der Waals surface area contributed by atoms with Crippen LogP contribution in [0.1, 0.15) is 28.4 Å². The second kappa shape index (κ2) is 7.08. The number of pyridine rings is 2. The van der Waals surface area contributed by atoms with E-state index < -0.39 is 0 Å². The maximum absolute atomic E-state index is 10.9. The lowest BCUT2D eigenvalue weighted by atomic mass is 9.96. The normalized spacial score (nSPS) is 12.1. The Balaban J connectivity index is 1.85. The molecule has 2 heterocycles. The van der Waals surface area contributed by atoms with E-state index in [9.17, 15) is 5.11 Å². The molecule has 2 aromatic carbocycles. The molecule has 0 aliphatic heterocycles. The summed E-state index contributed by atoms with van der Waals surface area (Å²) in [5.41, 5.74) is 4.51. The van der Waals surface area contributed by atoms with E-state index in [-0.39, 0.29) is 11.8 Å². The number of aromatic nitrogens is 2. The van der Waals surface area contributed by atoms with Crippen molar-refractivity contribution in [2.75, 3.05) is 5.32 Å². The monoisotopic (exact) mass is 355 g/mol. The van der Waals surface area contributed by atoms with Crippen LogP contribution in [0.2, 0.25) is 0 Å². The van der Waals surface area contributed by atoms with Crippen LogP contribution >= 0.6 is 0 Å². The number of rotatable bonds is 4. The SMILES string of the molecule is Cc1cc(C)nc(N[C@@H](c2ccccc2)c2ccc3cccnc3c2O)c1. The summed E-state index contributed by atoms with van der Waals surface area (Å²) in [6.07, 6.45) is 1.70. The van der Waals surface area contributed by atoms with Crippen LogP contribution in [-0.2, 0) is 0 Å².